The van der Waals surface area contributed by atoms with E-state index in [4.69, 9.17) is 0 Å². The number of aliphatic hydroxyl groups is 1. The van der Waals surface area contributed by atoms with Gasteiger partial charge in [-0.05, 0) is 39.5 Å². The Balaban J connectivity index is 1.71. The summed E-state index contributed by atoms with van der Waals surface area (Å²) >= 11 is 3.47. The fourth-order valence-corrected chi connectivity index (χ4v) is 4.04. The van der Waals surface area contributed by atoms with Gasteiger partial charge in [0.05, 0.1) is 23.8 Å². The number of halogens is 1. The molecule has 0 bridgehead atoms. The zero-order chi connectivity index (χ0) is 20.3. The molecule has 2 aromatic rings. The summed E-state index contributed by atoms with van der Waals surface area (Å²) in [6.07, 6.45) is -0.638. The predicted octanol–water partition coefficient (Wildman–Crippen LogP) is 3.68. The van der Waals surface area contributed by atoms with Crippen molar-refractivity contribution >= 4 is 33.4 Å². The van der Waals surface area contributed by atoms with Crippen molar-refractivity contribution in [2.45, 2.75) is 32.4 Å². The normalized spacial score (nSPS) is 19.0. The first-order valence-electron chi connectivity index (χ1n) is 9.46. The number of nitrogens with zero attached hydrogens (tertiary/aromatic N) is 1. The van der Waals surface area contributed by atoms with Gasteiger partial charge in [0.15, 0.2) is 0 Å². The number of hydrogen-bond acceptors (Lipinski definition) is 3. The van der Waals surface area contributed by atoms with Crippen LogP contribution in [0.5, 0.6) is 0 Å². The van der Waals surface area contributed by atoms with Crippen molar-refractivity contribution in [3.63, 3.8) is 0 Å². The highest BCUT2D eigenvalue weighted by molar-refractivity contribution is 9.10. The Morgan fingerprint density at radius 3 is 2.43 bits per heavy atom. The molecule has 148 valence electrons. The standard InChI is InChI=1S/C22H25BrN2O3/c1-14(2)20(21(27)15-8-4-3-5-9-15)24-22(28)16-12-19(26)25(13-16)18-11-7-6-10-17(18)23/h3-11,14,16,20-21,27H,12-13H2,1-2H3,(H,24,28)/t16-,20-,21+/m0/s1. The first-order valence-corrected chi connectivity index (χ1v) is 10.3. The number of amides is 2. The van der Waals surface area contributed by atoms with E-state index < -0.39 is 18.1 Å². The van der Waals surface area contributed by atoms with E-state index in [2.05, 4.69) is 21.2 Å². The Morgan fingerprint density at radius 1 is 1.14 bits per heavy atom. The van der Waals surface area contributed by atoms with Crippen molar-refractivity contribution in [2.75, 3.05) is 11.4 Å². The van der Waals surface area contributed by atoms with Crippen LogP contribution in [0.4, 0.5) is 5.69 Å². The highest BCUT2D eigenvalue weighted by Gasteiger charge is 2.37. The summed E-state index contributed by atoms with van der Waals surface area (Å²) in [5, 5.41) is 13.7. The molecule has 0 aromatic heterocycles. The number of carbonyl (C=O) groups is 2. The van der Waals surface area contributed by atoms with Crippen molar-refractivity contribution in [1.29, 1.82) is 0 Å². The largest absolute Gasteiger partial charge is 0.386 e. The van der Waals surface area contributed by atoms with Gasteiger partial charge in [-0.25, -0.2) is 0 Å². The Morgan fingerprint density at radius 2 is 1.79 bits per heavy atom. The Kier molecular flexibility index (Phi) is 6.52. The summed E-state index contributed by atoms with van der Waals surface area (Å²) in [5.74, 6) is -0.673. The second-order valence-corrected chi connectivity index (χ2v) is 8.35. The Labute approximate surface area is 173 Å². The number of nitrogens with one attached hydrogen (secondary N) is 1. The molecule has 6 heteroatoms. The quantitative estimate of drug-likeness (QED) is 0.713. The highest BCUT2D eigenvalue weighted by atomic mass is 79.9. The first kappa shape index (κ1) is 20.6. The van der Waals surface area contributed by atoms with E-state index in [1.807, 2.05) is 68.4 Å². The predicted molar refractivity (Wildman–Crippen MR) is 113 cm³/mol. The lowest BCUT2D eigenvalue weighted by atomic mass is 9.92. The molecule has 2 amide bonds. The number of aliphatic hydroxyl groups excluding tert-OH is 1. The average molecular weight is 445 g/mol. The maximum Gasteiger partial charge on any atom is 0.227 e. The third kappa shape index (κ3) is 4.45. The highest BCUT2D eigenvalue weighted by Crippen LogP contribution is 2.31. The van der Waals surface area contributed by atoms with Gasteiger partial charge >= 0.3 is 0 Å². The summed E-state index contributed by atoms with van der Waals surface area (Å²) in [4.78, 5) is 27.0. The molecular weight excluding hydrogens is 420 g/mol. The molecule has 0 saturated carbocycles. The molecule has 1 heterocycles. The zero-order valence-corrected chi connectivity index (χ0v) is 17.6. The van der Waals surface area contributed by atoms with Crippen LogP contribution in [-0.2, 0) is 9.59 Å². The molecule has 1 aliphatic heterocycles. The third-order valence-corrected chi connectivity index (χ3v) is 5.82. The van der Waals surface area contributed by atoms with Crippen LogP contribution in [0.1, 0.15) is 31.9 Å². The van der Waals surface area contributed by atoms with Crippen LogP contribution < -0.4 is 10.2 Å². The van der Waals surface area contributed by atoms with Gasteiger partial charge in [-0.3, -0.25) is 9.59 Å². The summed E-state index contributed by atoms with van der Waals surface area (Å²) in [6.45, 7) is 4.26. The van der Waals surface area contributed by atoms with Gasteiger partial charge in [-0.15, -0.1) is 0 Å². The van der Waals surface area contributed by atoms with Crippen LogP contribution in [0, 0.1) is 11.8 Å². The molecule has 28 heavy (non-hydrogen) atoms. The first-order chi connectivity index (χ1) is 13.4. The van der Waals surface area contributed by atoms with Gasteiger partial charge in [0, 0.05) is 17.4 Å². The second-order valence-electron chi connectivity index (χ2n) is 7.49. The lowest BCUT2D eigenvalue weighted by Gasteiger charge is -2.29. The maximum atomic E-state index is 12.9. The summed E-state index contributed by atoms with van der Waals surface area (Å²) in [7, 11) is 0. The molecule has 5 nitrogen and oxygen atoms in total. The van der Waals surface area contributed by atoms with Crippen molar-refractivity contribution in [3.8, 4) is 0 Å². The van der Waals surface area contributed by atoms with E-state index in [0.717, 1.165) is 15.7 Å². The average Bonchev–Trinajstić information content (AvgIpc) is 3.08. The molecule has 1 fully saturated rings. The van der Waals surface area contributed by atoms with Crippen LogP contribution in [0.3, 0.4) is 0 Å². The van der Waals surface area contributed by atoms with E-state index in [-0.39, 0.29) is 24.2 Å². The minimum atomic E-state index is -0.804. The molecule has 0 spiro atoms. The minimum absolute atomic E-state index is 0.0376. The van der Waals surface area contributed by atoms with Crippen molar-refractivity contribution in [1.82, 2.24) is 5.32 Å². The molecule has 0 radical (unpaired) electrons. The number of carbonyl (C=O) groups excluding carboxylic acids is 2. The summed E-state index contributed by atoms with van der Waals surface area (Å²) < 4.78 is 0.823. The van der Waals surface area contributed by atoms with Crippen LogP contribution in [0.2, 0.25) is 0 Å². The summed E-state index contributed by atoms with van der Waals surface area (Å²) in [6, 6.07) is 16.4. The number of para-hydroxylation sites is 1. The van der Waals surface area contributed by atoms with E-state index in [1.165, 1.54) is 0 Å². The van der Waals surface area contributed by atoms with Crippen LogP contribution in [0.25, 0.3) is 0 Å². The van der Waals surface area contributed by atoms with E-state index in [1.54, 1.807) is 4.90 Å². The summed E-state index contributed by atoms with van der Waals surface area (Å²) in [5.41, 5.74) is 1.53. The smallest absolute Gasteiger partial charge is 0.227 e. The molecule has 0 aliphatic carbocycles. The van der Waals surface area contributed by atoms with Crippen LogP contribution in [-0.4, -0.2) is 29.5 Å². The topological polar surface area (TPSA) is 69.6 Å². The van der Waals surface area contributed by atoms with E-state index >= 15 is 0 Å². The zero-order valence-electron chi connectivity index (χ0n) is 16.0. The number of benzene rings is 2. The Hall–Kier alpha value is -2.18. The van der Waals surface area contributed by atoms with Crippen molar-refractivity contribution < 1.29 is 14.7 Å². The van der Waals surface area contributed by atoms with Crippen LogP contribution >= 0.6 is 15.9 Å². The fraction of sp³-hybridized carbons (Fsp3) is 0.364. The molecular formula is C22H25BrN2O3. The van der Waals surface area contributed by atoms with Gasteiger partial charge < -0.3 is 15.3 Å². The van der Waals surface area contributed by atoms with Crippen molar-refractivity contribution in [3.05, 3.63) is 64.6 Å². The lowest BCUT2D eigenvalue weighted by molar-refractivity contribution is -0.128. The molecule has 3 atom stereocenters. The SMILES string of the molecule is CC(C)[C@H](NC(=O)[C@H]1CC(=O)N(c2ccccc2Br)C1)[C@H](O)c1ccccc1. The molecule has 1 saturated heterocycles. The minimum Gasteiger partial charge on any atom is -0.386 e. The molecule has 0 unspecified atom stereocenters. The second kappa shape index (κ2) is 8.88. The molecule has 3 rings (SSSR count). The van der Waals surface area contributed by atoms with E-state index in [0.29, 0.717) is 6.54 Å². The fourth-order valence-electron chi connectivity index (χ4n) is 3.54. The van der Waals surface area contributed by atoms with Gasteiger partial charge in [-0.1, -0.05) is 56.3 Å². The lowest BCUT2D eigenvalue weighted by Crippen LogP contribution is -2.46. The van der Waals surface area contributed by atoms with E-state index in [9.17, 15) is 14.7 Å². The number of hydrogen-bond donors (Lipinski definition) is 2. The van der Waals surface area contributed by atoms with Gasteiger partial charge in [-0.2, -0.15) is 0 Å². The number of anilines is 1. The molecule has 1 aliphatic rings. The maximum absolute atomic E-state index is 12.9. The van der Waals surface area contributed by atoms with Crippen molar-refractivity contribution in [2.24, 2.45) is 11.8 Å². The van der Waals surface area contributed by atoms with Gasteiger partial charge in [0.25, 0.3) is 0 Å². The van der Waals surface area contributed by atoms with Crippen LogP contribution in [0.15, 0.2) is 59.1 Å². The molecule has 2 aromatic carbocycles. The molecule has 2 N–H and O–H groups in total. The Bertz CT molecular complexity index is 841. The van der Waals surface area contributed by atoms with Gasteiger partial charge in [0.2, 0.25) is 11.8 Å². The number of rotatable bonds is 6. The monoisotopic (exact) mass is 444 g/mol. The third-order valence-electron chi connectivity index (χ3n) is 5.15. The van der Waals surface area contributed by atoms with Gasteiger partial charge in [0.1, 0.15) is 0 Å².